The van der Waals surface area contributed by atoms with Gasteiger partial charge in [0.15, 0.2) is 0 Å². The zero-order valence-corrected chi connectivity index (χ0v) is 21.2. The Morgan fingerprint density at radius 2 is 1.46 bits per heavy atom. The highest BCUT2D eigenvalue weighted by Crippen LogP contribution is 2.33. The molecule has 8 nitrogen and oxygen atoms in total. The van der Waals surface area contributed by atoms with Crippen molar-refractivity contribution in [3.8, 4) is 5.75 Å². The van der Waals surface area contributed by atoms with Crippen molar-refractivity contribution in [2.75, 3.05) is 13.2 Å². The number of carbonyl (C=O) groups excluding carboxylic acids is 4. The van der Waals surface area contributed by atoms with Crippen LogP contribution in [0.2, 0.25) is 0 Å². The normalized spacial score (nSPS) is 17.3. The van der Waals surface area contributed by atoms with Gasteiger partial charge in [-0.05, 0) is 37.9 Å². The van der Waals surface area contributed by atoms with Gasteiger partial charge in [0, 0.05) is 6.42 Å². The third-order valence-electron chi connectivity index (χ3n) is 6.54. The van der Waals surface area contributed by atoms with Crippen molar-refractivity contribution in [2.45, 2.75) is 89.5 Å². The number of piperidine rings is 1. The molecule has 1 aromatic rings. The summed E-state index contributed by atoms with van der Waals surface area (Å²) in [5.41, 5.74) is 5.96. The minimum absolute atomic E-state index is 0. The summed E-state index contributed by atoms with van der Waals surface area (Å²) in [5.74, 6) is -1.67. The highest BCUT2D eigenvalue weighted by Gasteiger charge is 2.45. The second-order valence-corrected chi connectivity index (χ2v) is 9.15. The summed E-state index contributed by atoms with van der Waals surface area (Å²) in [6, 6.07) is 3.98. The predicted molar refractivity (Wildman–Crippen MR) is 136 cm³/mol. The minimum Gasteiger partial charge on any atom is -0.493 e. The van der Waals surface area contributed by atoms with Crippen molar-refractivity contribution in [3.63, 3.8) is 0 Å². The third-order valence-corrected chi connectivity index (χ3v) is 6.54. The molecule has 3 N–H and O–H groups in total. The van der Waals surface area contributed by atoms with Crippen LogP contribution in [0, 0.1) is 0 Å². The van der Waals surface area contributed by atoms with E-state index in [2.05, 4.69) is 5.32 Å². The number of ether oxygens (including phenoxy) is 1. The molecule has 0 aromatic heterocycles. The van der Waals surface area contributed by atoms with Crippen molar-refractivity contribution in [1.29, 1.82) is 0 Å². The van der Waals surface area contributed by atoms with E-state index in [1.165, 1.54) is 44.9 Å². The van der Waals surface area contributed by atoms with E-state index < -0.39 is 23.8 Å². The number of imide groups is 2. The van der Waals surface area contributed by atoms with Crippen LogP contribution in [0.3, 0.4) is 0 Å². The van der Waals surface area contributed by atoms with Gasteiger partial charge in [0.1, 0.15) is 11.8 Å². The van der Waals surface area contributed by atoms with Crippen LogP contribution in [0.5, 0.6) is 5.75 Å². The number of rotatable bonds is 15. The molecule has 2 heterocycles. The Bertz CT molecular complexity index is 892. The molecule has 0 radical (unpaired) electrons. The van der Waals surface area contributed by atoms with Crippen LogP contribution in [0.25, 0.3) is 0 Å². The summed E-state index contributed by atoms with van der Waals surface area (Å²) in [6.45, 7) is 1.27. The smallest absolute Gasteiger partial charge is 0.266 e. The Balaban J connectivity index is 0.00000432. The maximum Gasteiger partial charge on any atom is 0.266 e. The Morgan fingerprint density at radius 1 is 0.857 bits per heavy atom. The van der Waals surface area contributed by atoms with Crippen LogP contribution >= 0.6 is 12.4 Å². The van der Waals surface area contributed by atoms with Crippen molar-refractivity contribution >= 4 is 36.0 Å². The fraction of sp³-hybridized carbons (Fsp3) is 0.615. The largest absolute Gasteiger partial charge is 0.493 e. The number of amides is 4. The summed E-state index contributed by atoms with van der Waals surface area (Å²) in [4.78, 5) is 50.5. The quantitative estimate of drug-likeness (QED) is 0.272. The van der Waals surface area contributed by atoms with Gasteiger partial charge < -0.3 is 10.5 Å². The number of hydrogen-bond donors (Lipinski definition) is 2. The molecule has 4 amide bonds. The summed E-state index contributed by atoms with van der Waals surface area (Å²) in [6.07, 6.45) is 13.4. The molecule has 1 unspecified atom stereocenters. The lowest BCUT2D eigenvalue weighted by Gasteiger charge is -2.27. The molecule has 3 rings (SSSR count). The van der Waals surface area contributed by atoms with Crippen molar-refractivity contribution in [2.24, 2.45) is 5.73 Å². The fourth-order valence-electron chi connectivity index (χ4n) is 4.62. The molecule has 1 saturated heterocycles. The van der Waals surface area contributed by atoms with Crippen molar-refractivity contribution in [1.82, 2.24) is 10.2 Å². The van der Waals surface area contributed by atoms with Crippen LogP contribution in [0.15, 0.2) is 18.2 Å². The predicted octanol–water partition coefficient (Wildman–Crippen LogP) is 4.14. The minimum atomic E-state index is -0.969. The number of benzene rings is 1. The van der Waals surface area contributed by atoms with Crippen molar-refractivity contribution in [3.05, 3.63) is 29.3 Å². The topological polar surface area (TPSA) is 119 Å². The van der Waals surface area contributed by atoms with Crippen molar-refractivity contribution < 1.29 is 23.9 Å². The van der Waals surface area contributed by atoms with E-state index >= 15 is 0 Å². The fourth-order valence-corrected chi connectivity index (χ4v) is 4.62. The lowest BCUT2D eigenvalue weighted by atomic mass is 10.0. The van der Waals surface area contributed by atoms with Gasteiger partial charge >= 0.3 is 0 Å². The van der Waals surface area contributed by atoms with Gasteiger partial charge in [-0.15, -0.1) is 12.4 Å². The summed E-state index contributed by atoms with van der Waals surface area (Å²) >= 11 is 0. The first-order valence-corrected chi connectivity index (χ1v) is 12.7. The number of halogens is 1. The lowest BCUT2D eigenvalue weighted by molar-refractivity contribution is -0.136. The number of hydrogen-bond acceptors (Lipinski definition) is 6. The second kappa shape index (κ2) is 14.8. The molecule has 0 bridgehead atoms. The number of nitrogens with zero attached hydrogens (tertiary/aromatic N) is 1. The number of carbonyl (C=O) groups is 4. The molecule has 1 aromatic carbocycles. The molecule has 0 saturated carbocycles. The van der Waals surface area contributed by atoms with E-state index in [1.54, 1.807) is 18.2 Å². The van der Waals surface area contributed by atoms with Gasteiger partial charge in [-0.3, -0.25) is 29.4 Å². The van der Waals surface area contributed by atoms with Crippen LogP contribution in [0.1, 0.15) is 104 Å². The van der Waals surface area contributed by atoms with Gasteiger partial charge in [0.25, 0.3) is 11.8 Å². The maximum atomic E-state index is 13.0. The molecule has 194 valence electrons. The van der Waals surface area contributed by atoms with E-state index in [0.717, 1.165) is 37.1 Å². The van der Waals surface area contributed by atoms with Gasteiger partial charge in [-0.1, -0.05) is 63.9 Å². The molecule has 1 atom stereocenters. The molecule has 2 aliphatic rings. The second-order valence-electron chi connectivity index (χ2n) is 9.15. The number of nitrogens with one attached hydrogen (secondary N) is 1. The first-order chi connectivity index (χ1) is 16.5. The summed E-state index contributed by atoms with van der Waals surface area (Å²) in [5, 5.41) is 2.21. The Kier molecular flexibility index (Phi) is 12.2. The van der Waals surface area contributed by atoms with E-state index in [4.69, 9.17) is 10.5 Å². The van der Waals surface area contributed by atoms with Crippen LogP contribution in [-0.4, -0.2) is 47.7 Å². The molecular weight excluding hydrogens is 470 g/mol. The average molecular weight is 508 g/mol. The summed E-state index contributed by atoms with van der Waals surface area (Å²) < 4.78 is 5.88. The van der Waals surface area contributed by atoms with E-state index in [9.17, 15) is 19.2 Å². The first-order valence-electron chi connectivity index (χ1n) is 12.7. The number of unbranched alkanes of at least 4 members (excludes halogenated alkanes) is 10. The number of nitrogens with two attached hydrogens (primary N) is 1. The molecule has 35 heavy (non-hydrogen) atoms. The lowest BCUT2D eigenvalue weighted by Crippen LogP contribution is -2.54. The third kappa shape index (κ3) is 7.77. The summed E-state index contributed by atoms with van der Waals surface area (Å²) in [7, 11) is 0. The monoisotopic (exact) mass is 507 g/mol. The van der Waals surface area contributed by atoms with E-state index in [0.29, 0.717) is 12.4 Å². The zero-order valence-electron chi connectivity index (χ0n) is 20.4. The van der Waals surface area contributed by atoms with Gasteiger partial charge in [0.05, 0.1) is 17.7 Å². The Hall–Kier alpha value is -2.45. The first kappa shape index (κ1) is 28.8. The highest BCUT2D eigenvalue weighted by molar-refractivity contribution is 6.24. The van der Waals surface area contributed by atoms with Gasteiger partial charge in [-0.2, -0.15) is 0 Å². The zero-order chi connectivity index (χ0) is 24.3. The average Bonchev–Trinajstić information content (AvgIpc) is 3.08. The van der Waals surface area contributed by atoms with E-state index in [-0.39, 0.29) is 42.3 Å². The maximum absolute atomic E-state index is 13.0. The molecule has 0 spiro atoms. The molecule has 1 fully saturated rings. The standard InChI is InChI=1S/C26H37N3O5.ClH/c27-17-10-8-6-4-2-1-3-5-7-9-11-18-34-21-14-12-13-19-23(21)26(33)29(25(19)32)20-15-16-22(30)28-24(20)31;/h12-14,20H,1-11,15-18,27H2,(H,28,30,31);1H. The molecular formula is C26H38ClN3O5. The van der Waals surface area contributed by atoms with E-state index in [1.807, 2.05) is 0 Å². The number of fused-ring (bicyclic) bond motifs is 1. The Morgan fingerprint density at radius 3 is 2.06 bits per heavy atom. The molecule has 2 aliphatic heterocycles. The molecule has 9 heteroatoms. The van der Waals surface area contributed by atoms with Crippen LogP contribution < -0.4 is 15.8 Å². The van der Waals surface area contributed by atoms with Crippen LogP contribution in [-0.2, 0) is 9.59 Å². The van der Waals surface area contributed by atoms with Gasteiger partial charge in [0.2, 0.25) is 11.8 Å². The van der Waals surface area contributed by atoms with Crippen LogP contribution in [0.4, 0.5) is 0 Å². The van der Waals surface area contributed by atoms with Gasteiger partial charge in [-0.25, -0.2) is 0 Å². The SMILES string of the molecule is Cl.NCCCCCCCCCCCCCOc1cccc2c1C(=O)N(C1CCC(=O)NC1=O)C2=O. The molecule has 0 aliphatic carbocycles. The highest BCUT2D eigenvalue weighted by atomic mass is 35.5. The Labute approximate surface area is 213 Å².